The van der Waals surface area contributed by atoms with Crippen LogP contribution in [-0.2, 0) is 0 Å². The molecule has 82 valence electrons. The second-order valence-corrected chi connectivity index (χ2v) is 2.94. The summed E-state index contributed by atoms with van der Waals surface area (Å²) >= 11 is 5.46. The molecule has 1 aromatic rings. The molecule has 0 aliphatic carbocycles. The first kappa shape index (κ1) is 11.6. The van der Waals surface area contributed by atoms with Crippen molar-refractivity contribution in [1.82, 2.24) is 0 Å². The monoisotopic (exact) mass is 239 g/mol. The Morgan fingerprint density at radius 1 is 1.33 bits per heavy atom. The van der Waals surface area contributed by atoms with Gasteiger partial charge in [-0.1, -0.05) is 23.7 Å². The molecule has 15 heavy (non-hydrogen) atoms. The summed E-state index contributed by atoms with van der Waals surface area (Å²) in [5.41, 5.74) is -0.612. The van der Waals surface area contributed by atoms with Crippen LogP contribution in [0.2, 0.25) is 5.02 Å². The molecule has 0 spiro atoms. The Labute approximate surface area is 87.7 Å². The second kappa shape index (κ2) is 3.98. The maximum Gasteiger partial charge on any atom is 0.494 e. The zero-order valence-electron chi connectivity index (χ0n) is 7.12. The van der Waals surface area contributed by atoms with Crippen molar-refractivity contribution < 1.29 is 23.1 Å². The molecule has 0 atom stereocenters. The van der Waals surface area contributed by atoms with E-state index in [-0.39, 0.29) is 5.02 Å². The normalized spacial score (nSPS) is 11.2. The van der Waals surface area contributed by atoms with E-state index in [1.165, 1.54) is 18.2 Å². The van der Waals surface area contributed by atoms with E-state index in [9.17, 15) is 18.0 Å². The molecular formula is C8H5ClF3NO2. The number of benzene rings is 1. The molecule has 0 aliphatic rings. The molecule has 1 N–H and O–H groups in total. The van der Waals surface area contributed by atoms with Crippen LogP contribution < -0.4 is 4.90 Å². The highest BCUT2D eigenvalue weighted by Gasteiger charge is 2.43. The minimum absolute atomic E-state index is 0.280. The molecule has 0 unspecified atom stereocenters. The number of carbonyl (C=O) groups is 1. The van der Waals surface area contributed by atoms with Crippen molar-refractivity contribution in [2.24, 2.45) is 0 Å². The predicted molar refractivity (Wildman–Crippen MR) is 48.0 cm³/mol. The number of anilines is 1. The predicted octanol–water partition coefficient (Wildman–Crippen LogP) is 3.34. The fourth-order valence-corrected chi connectivity index (χ4v) is 1.20. The lowest BCUT2D eigenvalue weighted by Crippen LogP contribution is -2.42. The number of nitrogens with zero attached hydrogens (tertiary/aromatic N) is 1. The molecule has 0 saturated heterocycles. The Balaban J connectivity index is 3.23. The molecule has 0 fully saturated rings. The van der Waals surface area contributed by atoms with Gasteiger partial charge in [-0.3, -0.25) is 0 Å². The molecule has 0 bridgehead atoms. The van der Waals surface area contributed by atoms with E-state index in [4.69, 9.17) is 16.7 Å². The fourth-order valence-electron chi connectivity index (χ4n) is 0.981. The van der Waals surface area contributed by atoms with Crippen molar-refractivity contribution >= 4 is 23.4 Å². The summed E-state index contributed by atoms with van der Waals surface area (Å²) in [6, 6.07) is 4.83. The molecule has 1 aromatic carbocycles. The summed E-state index contributed by atoms with van der Waals surface area (Å²) in [6.45, 7) is 0. The Kier molecular flexibility index (Phi) is 3.09. The van der Waals surface area contributed by atoms with E-state index >= 15 is 0 Å². The maximum absolute atomic E-state index is 12.3. The minimum Gasteiger partial charge on any atom is -0.464 e. The van der Waals surface area contributed by atoms with Crippen molar-refractivity contribution in [3.8, 4) is 0 Å². The van der Waals surface area contributed by atoms with E-state index < -0.39 is 23.0 Å². The van der Waals surface area contributed by atoms with Gasteiger partial charge in [0, 0.05) is 0 Å². The standard InChI is InChI=1S/C8H5ClF3NO2/c9-5-3-1-2-4-6(5)13(7(14)15)8(10,11)12/h1-4H,(H,14,15). The van der Waals surface area contributed by atoms with Gasteiger partial charge in [0.25, 0.3) is 0 Å². The largest absolute Gasteiger partial charge is 0.494 e. The number of hydrogen-bond acceptors (Lipinski definition) is 1. The Hall–Kier alpha value is -1.43. The van der Waals surface area contributed by atoms with Crippen molar-refractivity contribution in [3.05, 3.63) is 29.3 Å². The van der Waals surface area contributed by atoms with E-state index in [2.05, 4.69) is 0 Å². The van der Waals surface area contributed by atoms with Crippen LogP contribution in [0.4, 0.5) is 23.7 Å². The molecule has 0 heterocycles. The summed E-state index contributed by atoms with van der Waals surface area (Å²) in [6.07, 6.45) is -7.15. The summed E-state index contributed by atoms with van der Waals surface area (Å²) in [5.74, 6) is 0. The summed E-state index contributed by atoms with van der Waals surface area (Å²) in [4.78, 5) is 9.71. The Morgan fingerprint density at radius 3 is 2.27 bits per heavy atom. The van der Waals surface area contributed by atoms with Gasteiger partial charge < -0.3 is 5.11 Å². The molecule has 0 radical (unpaired) electrons. The second-order valence-electron chi connectivity index (χ2n) is 2.54. The quantitative estimate of drug-likeness (QED) is 0.764. The molecule has 7 heteroatoms. The number of alkyl halides is 3. The zero-order valence-corrected chi connectivity index (χ0v) is 7.88. The van der Waals surface area contributed by atoms with Crippen LogP contribution in [0.3, 0.4) is 0 Å². The van der Waals surface area contributed by atoms with Crippen LogP contribution >= 0.6 is 11.6 Å². The van der Waals surface area contributed by atoms with Crippen LogP contribution in [0.1, 0.15) is 0 Å². The first-order chi connectivity index (χ1) is 6.84. The van der Waals surface area contributed by atoms with Crippen LogP contribution in [0, 0.1) is 0 Å². The third-order valence-corrected chi connectivity index (χ3v) is 1.86. The minimum atomic E-state index is -5.02. The molecule has 0 aliphatic heterocycles. The van der Waals surface area contributed by atoms with Gasteiger partial charge in [0.1, 0.15) is 0 Å². The Bertz CT molecular complexity index is 380. The van der Waals surface area contributed by atoms with Crippen molar-refractivity contribution in [1.29, 1.82) is 0 Å². The van der Waals surface area contributed by atoms with Gasteiger partial charge in [0.2, 0.25) is 0 Å². The fraction of sp³-hybridized carbons (Fsp3) is 0.125. The van der Waals surface area contributed by atoms with Gasteiger partial charge in [-0.15, -0.1) is 13.2 Å². The van der Waals surface area contributed by atoms with Crippen LogP contribution in [0.25, 0.3) is 0 Å². The Morgan fingerprint density at radius 2 is 1.87 bits per heavy atom. The first-order valence-corrected chi connectivity index (χ1v) is 4.06. The van der Waals surface area contributed by atoms with E-state index in [1.54, 1.807) is 0 Å². The number of halogens is 4. The van der Waals surface area contributed by atoms with E-state index in [1.807, 2.05) is 0 Å². The lowest BCUT2D eigenvalue weighted by atomic mass is 10.3. The van der Waals surface area contributed by atoms with Crippen molar-refractivity contribution in [2.75, 3.05) is 4.90 Å². The number of hydrogen-bond donors (Lipinski definition) is 1. The smallest absolute Gasteiger partial charge is 0.464 e. The number of carboxylic acid groups (broad SMARTS) is 1. The highest BCUT2D eigenvalue weighted by Crippen LogP contribution is 2.33. The van der Waals surface area contributed by atoms with E-state index in [0.717, 1.165) is 6.07 Å². The SMILES string of the molecule is O=C(O)N(c1ccccc1Cl)C(F)(F)F. The summed E-state index contributed by atoms with van der Waals surface area (Å²) in [7, 11) is 0. The van der Waals surface area contributed by atoms with Gasteiger partial charge in [-0.25, -0.2) is 4.79 Å². The molecule has 0 aromatic heterocycles. The van der Waals surface area contributed by atoms with Crippen LogP contribution in [0.15, 0.2) is 24.3 Å². The van der Waals surface area contributed by atoms with Gasteiger partial charge in [-0.2, -0.15) is 4.90 Å². The lowest BCUT2D eigenvalue weighted by molar-refractivity contribution is -0.123. The van der Waals surface area contributed by atoms with Gasteiger partial charge in [0.05, 0.1) is 10.7 Å². The van der Waals surface area contributed by atoms with Gasteiger partial charge >= 0.3 is 12.4 Å². The molecular weight excluding hydrogens is 235 g/mol. The molecule has 1 rings (SSSR count). The van der Waals surface area contributed by atoms with Gasteiger partial charge in [-0.05, 0) is 12.1 Å². The molecule has 0 saturated carbocycles. The highest BCUT2D eigenvalue weighted by atomic mass is 35.5. The topological polar surface area (TPSA) is 40.5 Å². The third-order valence-electron chi connectivity index (χ3n) is 1.54. The number of para-hydroxylation sites is 1. The van der Waals surface area contributed by atoms with Crippen molar-refractivity contribution in [3.63, 3.8) is 0 Å². The van der Waals surface area contributed by atoms with Crippen LogP contribution in [0.5, 0.6) is 0 Å². The average molecular weight is 240 g/mol. The lowest BCUT2D eigenvalue weighted by Gasteiger charge is -2.22. The van der Waals surface area contributed by atoms with Crippen molar-refractivity contribution in [2.45, 2.75) is 6.30 Å². The molecule has 3 nitrogen and oxygen atoms in total. The van der Waals surface area contributed by atoms with E-state index in [0.29, 0.717) is 0 Å². The summed E-state index contributed by atoms with van der Waals surface area (Å²) < 4.78 is 37.0. The average Bonchev–Trinajstić information content (AvgIpc) is 2.05. The zero-order chi connectivity index (χ0) is 11.6. The number of amides is 1. The van der Waals surface area contributed by atoms with Gasteiger partial charge in [0.15, 0.2) is 0 Å². The van der Waals surface area contributed by atoms with Crippen LogP contribution in [-0.4, -0.2) is 17.5 Å². The first-order valence-electron chi connectivity index (χ1n) is 3.68. The number of rotatable bonds is 1. The summed E-state index contributed by atoms with van der Waals surface area (Å²) in [5, 5.41) is 8.15. The highest BCUT2D eigenvalue weighted by molar-refractivity contribution is 6.33. The maximum atomic E-state index is 12.3. The molecule has 1 amide bonds. The third kappa shape index (κ3) is 2.53.